The average Bonchev–Trinajstić information content (AvgIpc) is 2.12. The summed E-state index contributed by atoms with van der Waals surface area (Å²) < 4.78 is 22.4. The zero-order valence-electron chi connectivity index (χ0n) is 11.3. The largest absolute Gasteiger partial charge is 0.397 e. The summed E-state index contributed by atoms with van der Waals surface area (Å²) in [6.45, 7) is 7.18. The molecule has 0 heterocycles. The Bertz CT molecular complexity index is 533. The van der Waals surface area contributed by atoms with Crippen LogP contribution in [0.5, 0.6) is 0 Å². The van der Waals surface area contributed by atoms with E-state index in [4.69, 9.17) is 10.9 Å². The maximum atomic E-state index is 11.2. The molecular weight excluding hydrogens is 250 g/mol. The molecular formula is C12H21N3O2S. The summed E-state index contributed by atoms with van der Waals surface area (Å²) in [6, 6.07) is 4.55. The summed E-state index contributed by atoms with van der Waals surface area (Å²) in [4.78, 5) is 2.04. The number of nitrogen functional groups attached to an aromatic ring is 1. The van der Waals surface area contributed by atoms with E-state index in [9.17, 15) is 8.42 Å². The summed E-state index contributed by atoms with van der Waals surface area (Å²) >= 11 is 0. The highest BCUT2D eigenvalue weighted by Crippen LogP contribution is 2.27. The summed E-state index contributed by atoms with van der Waals surface area (Å²) in [5.74, 6) is 0. The van der Waals surface area contributed by atoms with Gasteiger partial charge in [-0.15, -0.1) is 0 Å². The van der Waals surface area contributed by atoms with E-state index in [1.54, 1.807) is 6.07 Å². The van der Waals surface area contributed by atoms with Crippen LogP contribution in [0, 0.1) is 5.41 Å². The Hall–Kier alpha value is -1.27. The lowest BCUT2D eigenvalue weighted by molar-refractivity contribution is 0.419. The monoisotopic (exact) mass is 271 g/mol. The molecule has 0 spiro atoms. The first kappa shape index (κ1) is 14.8. The molecule has 0 aromatic heterocycles. The number of nitrogens with zero attached hydrogens (tertiary/aromatic N) is 1. The molecule has 102 valence electrons. The Morgan fingerprint density at radius 2 is 1.83 bits per heavy atom. The maximum absolute atomic E-state index is 11.2. The number of sulfonamides is 1. The van der Waals surface area contributed by atoms with E-state index >= 15 is 0 Å². The van der Waals surface area contributed by atoms with Gasteiger partial charge in [-0.1, -0.05) is 20.8 Å². The van der Waals surface area contributed by atoms with Crippen molar-refractivity contribution in [1.29, 1.82) is 0 Å². The van der Waals surface area contributed by atoms with Crippen LogP contribution in [-0.2, 0) is 10.0 Å². The first-order valence-electron chi connectivity index (χ1n) is 5.64. The maximum Gasteiger partial charge on any atom is 0.238 e. The van der Waals surface area contributed by atoms with Gasteiger partial charge >= 0.3 is 0 Å². The summed E-state index contributed by atoms with van der Waals surface area (Å²) in [5, 5.41) is 5.06. The molecule has 0 radical (unpaired) electrons. The second-order valence-electron chi connectivity index (χ2n) is 5.68. The average molecular weight is 271 g/mol. The number of hydrogen-bond acceptors (Lipinski definition) is 4. The van der Waals surface area contributed by atoms with Gasteiger partial charge in [0, 0.05) is 13.6 Å². The molecule has 0 fully saturated rings. The van der Waals surface area contributed by atoms with E-state index < -0.39 is 10.0 Å². The van der Waals surface area contributed by atoms with Crippen molar-refractivity contribution < 1.29 is 8.42 Å². The SMILES string of the molecule is CN(CC(C)(C)C)c1ccc(S(N)(=O)=O)cc1N. The van der Waals surface area contributed by atoms with Gasteiger partial charge in [-0.3, -0.25) is 0 Å². The van der Waals surface area contributed by atoms with Crippen molar-refractivity contribution in [3.63, 3.8) is 0 Å². The number of anilines is 2. The fraction of sp³-hybridized carbons (Fsp3) is 0.500. The molecule has 0 aliphatic carbocycles. The highest BCUT2D eigenvalue weighted by molar-refractivity contribution is 7.89. The Kier molecular flexibility index (Phi) is 3.92. The molecule has 1 aromatic rings. The van der Waals surface area contributed by atoms with Crippen LogP contribution in [0.15, 0.2) is 23.1 Å². The summed E-state index contributed by atoms with van der Waals surface area (Å²) in [6.07, 6.45) is 0. The van der Waals surface area contributed by atoms with E-state index in [-0.39, 0.29) is 10.3 Å². The quantitative estimate of drug-likeness (QED) is 0.813. The molecule has 18 heavy (non-hydrogen) atoms. The predicted molar refractivity (Wildman–Crippen MR) is 75.0 cm³/mol. The molecule has 0 saturated heterocycles. The normalized spacial score (nSPS) is 12.5. The van der Waals surface area contributed by atoms with Crippen molar-refractivity contribution in [2.45, 2.75) is 25.7 Å². The standard InChI is InChI=1S/C12H21N3O2S/c1-12(2,3)8-15(4)11-6-5-9(7-10(11)13)18(14,16)17/h5-7H,8,13H2,1-4H3,(H2,14,16,17). The number of rotatable bonds is 3. The van der Waals surface area contributed by atoms with Gasteiger partial charge in [0.2, 0.25) is 10.0 Å². The van der Waals surface area contributed by atoms with Gasteiger partial charge in [-0.05, 0) is 23.6 Å². The van der Waals surface area contributed by atoms with E-state index in [1.165, 1.54) is 12.1 Å². The third-order valence-corrected chi connectivity index (χ3v) is 3.36. The molecule has 0 bridgehead atoms. The lowest BCUT2D eigenvalue weighted by atomic mass is 9.96. The van der Waals surface area contributed by atoms with Gasteiger partial charge in [0.25, 0.3) is 0 Å². The van der Waals surface area contributed by atoms with Crippen LogP contribution >= 0.6 is 0 Å². The molecule has 0 aliphatic heterocycles. The lowest BCUT2D eigenvalue weighted by Gasteiger charge is -2.29. The third-order valence-electron chi connectivity index (χ3n) is 2.45. The van der Waals surface area contributed by atoms with Crippen LogP contribution in [0.4, 0.5) is 11.4 Å². The first-order chi connectivity index (χ1) is 8.00. The minimum Gasteiger partial charge on any atom is -0.397 e. The Labute approximate surface area is 109 Å². The van der Waals surface area contributed by atoms with Gasteiger partial charge in [-0.25, -0.2) is 13.6 Å². The fourth-order valence-corrected chi connectivity index (χ4v) is 2.40. The van der Waals surface area contributed by atoms with E-state index in [0.717, 1.165) is 12.2 Å². The van der Waals surface area contributed by atoms with Crippen LogP contribution in [-0.4, -0.2) is 22.0 Å². The number of nitrogens with two attached hydrogens (primary N) is 2. The van der Waals surface area contributed by atoms with Gasteiger partial charge < -0.3 is 10.6 Å². The minimum atomic E-state index is -3.70. The second kappa shape index (κ2) is 4.78. The number of primary sulfonamides is 1. The molecule has 6 heteroatoms. The lowest BCUT2D eigenvalue weighted by Crippen LogP contribution is -2.29. The van der Waals surface area contributed by atoms with Crippen LogP contribution in [0.25, 0.3) is 0 Å². The smallest absolute Gasteiger partial charge is 0.238 e. The molecule has 1 rings (SSSR count). The summed E-state index contributed by atoms with van der Waals surface area (Å²) in [7, 11) is -1.78. The van der Waals surface area contributed by atoms with E-state index in [1.807, 2.05) is 11.9 Å². The van der Waals surface area contributed by atoms with Crippen LogP contribution in [0.2, 0.25) is 0 Å². The molecule has 5 nitrogen and oxygen atoms in total. The Morgan fingerprint density at radius 1 is 1.28 bits per heavy atom. The van der Waals surface area contributed by atoms with Gasteiger partial charge in [0.05, 0.1) is 16.3 Å². The first-order valence-corrected chi connectivity index (χ1v) is 7.19. The third kappa shape index (κ3) is 3.89. The van der Waals surface area contributed by atoms with Gasteiger partial charge in [0.1, 0.15) is 0 Å². The molecule has 0 unspecified atom stereocenters. The highest BCUT2D eigenvalue weighted by Gasteiger charge is 2.17. The van der Waals surface area contributed by atoms with Crippen molar-refractivity contribution in [3.8, 4) is 0 Å². The van der Waals surface area contributed by atoms with E-state index in [0.29, 0.717) is 5.69 Å². The van der Waals surface area contributed by atoms with Crippen molar-refractivity contribution in [2.24, 2.45) is 10.6 Å². The zero-order chi connectivity index (χ0) is 14.1. The van der Waals surface area contributed by atoms with Crippen molar-refractivity contribution >= 4 is 21.4 Å². The predicted octanol–water partition coefficient (Wildman–Crippen LogP) is 1.40. The minimum absolute atomic E-state index is 0.0351. The van der Waals surface area contributed by atoms with Crippen molar-refractivity contribution in [3.05, 3.63) is 18.2 Å². The van der Waals surface area contributed by atoms with E-state index in [2.05, 4.69) is 20.8 Å². The van der Waals surface area contributed by atoms with Crippen molar-refractivity contribution in [1.82, 2.24) is 0 Å². The topological polar surface area (TPSA) is 89.4 Å². The molecule has 0 saturated carbocycles. The molecule has 1 aromatic carbocycles. The van der Waals surface area contributed by atoms with Crippen LogP contribution < -0.4 is 15.8 Å². The van der Waals surface area contributed by atoms with Gasteiger partial charge in [0.15, 0.2) is 0 Å². The summed E-state index contributed by atoms with van der Waals surface area (Å²) in [5.41, 5.74) is 7.21. The molecule has 0 amide bonds. The highest BCUT2D eigenvalue weighted by atomic mass is 32.2. The fourth-order valence-electron chi connectivity index (χ4n) is 1.85. The van der Waals surface area contributed by atoms with Crippen LogP contribution in [0.3, 0.4) is 0 Å². The molecule has 4 N–H and O–H groups in total. The Balaban J connectivity index is 3.07. The van der Waals surface area contributed by atoms with Gasteiger partial charge in [-0.2, -0.15) is 0 Å². The van der Waals surface area contributed by atoms with Crippen LogP contribution in [0.1, 0.15) is 20.8 Å². The van der Waals surface area contributed by atoms with Crippen molar-refractivity contribution in [2.75, 3.05) is 24.2 Å². The Morgan fingerprint density at radius 3 is 2.22 bits per heavy atom. The second-order valence-corrected chi connectivity index (χ2v) is 7.24. The molecule has 0 aliphatic rings. The zero-order valence-corrected chi connectivity index (χ0v) is 12.1. The molecule has 0 atom stereocenters. The number of hydrogen-bond donors (Lipinski definition) is 2. The number of benzene rings is 1.